The first-order valence-corrected chi connectivity index (χ1v) is 6.50. The van der Waals surface area contributed by atoms with E-state index in [1.165, 1.54) is 13.2 Å². The molecule has 4 nitrogen and oxygen atoms in total. The second kappa shape index (κ2) is 5.89. The average Bonchev–Trinajstić information content (AvgIpc) is 2.80. The molecule has 0 aliphatic rings. The number of fused-ring (bicyclic) bond motifs is 1. The summed E-state index contributed by atoms with van der Waals surface area (Å²) < 4.78 is 6.86. The second-order valence-electron chi connectivity index (χ2n) is 4.76. The number of allylic oxidation sites excluding steroid dienone is 2. The smallest absolute Gasteiger partial charge is 0.202 e. The lowest BCUT2D eigenvalue weighted by molar-refractivity contribution is 0.0977. The number of carbonyl (C=O) groups excluding carboxylic acids is 2. The lowest BCUT2D eigenvalue weighted by atomic mass is 10.0. The number of Topliss-reactive ketones (excluding diaryl/α,β-unsaturated/α-hetero) is 1. The summed E-state index contributed by atoms with van der Waals surface area (Å²) in [6.45, 7) is 9.02. The summed E-state index contributed by atoms with van der Waals surface area (Å²) in [6.07, 6.45) is 1.20. The summed E-state index contributed by atoms with van der Waals surface area (Å²) in [5.41, 5.74) is 1.81. The molecule has 0 radical (unpaired) electrons. The van der Waals surface area contributed by atoms with Crippen LogP contribution < -0.4 is 0 Å². The van der Waals surface area contributed by atoms with Gasteiger partial charge in [0.25, 0.3) is 0 Å². The topological polar surface area (TPSA) is 48.3 Å². The van der Waals surface area contributed by atoms with Crippen molar-refractivity contribution in [3.8, 4) is 0 Å². The molecule has 0 atom stereocenters. The predicted octanol–water partition coefficient (Wildman–Crippen LogP) is 3.37. The maximum atomic E-state index is 12.5. The molecule has 4 heteroatoms. The molecule has 0 amide bonds. The molecule has 0 spiro atoms. The highest BCUT2D eigenvalue weighted by atomic mass is 16.5. The molecule has 0 fully saturated rings. The molecule has 108 valence electrons. The molecule has 21 heavy (non-hydrogen) atoms. The number of hydrogen-bond acceptors (Lipinski definition) is 3. The van der Waals surface area contributed by atoms with Gasteiger partial charge in [-0.1, -0.05) is 31.4 Å². The summed E-state index contributed by atoms with van der Waals surface area (Å²) in [6, 6.07) is 7.35. The molecule has 0 saturated carbocycles. The van der Waals surface area contributed by atoms with Crippen LogP contribution in [-0.2, 0) is 11.5 Å². The maximum absolute atomic E-state index is 12.5. The first-order valence-electron chi connectivity index (χ1n) is 6.50. The first-order chi connectivity index (χ1) is 10.0. The number of methoxy groups -OCH3 is 1. The van der Waals surface area contributed by atoms with Gasteiger partial charge in [-0.25, -0.2) is 0 Å². The van der Waals surface area contributed by atoms with Crippen molar-refractivity contribution in [1.29, 1.82) is 0 Å². The molecule has 2 aromatic rings. The molecule has 1 heterocycles. The first kappa shape index (κ1) is 14.9. The van der Waals surface area contributed by atoms with Crippen LogP contribution in [0.25, 0.3) is 10.9 Å². The van der Waals surface area contributed by atoms with E-state index in [4.69, 9.17) is 4.74 Å². The standard InChI is InChI=1S/C17H17NO3/c1-5-14(19)16-15(17(20)11(2)3)12-8-6-7-9-13(12)18(16)10-21-4/h5-9H,1-2,10H2,3-4H3. The van der Waals surface area contributed by atoms with Crippen molar-refractivity contribution in [2.45, 2.75) is 13.7 Å². The molecule has 0 bridgehead atoms. The third-order valence-corrected chi connectivity index (χ3v) is 3.26. The lowest BCUT2D eigenvalue weighted by Crippen LogP contribution is -2.13. The van der Waals surface area contributed by atoms with Gasteiger partial charge < -0.3 is 9.30 Å². The van der Waals surface area contributed by atoms with E-state index in [0.717, 1.165) is 5.52 Å². The van der Waals surface area contributed by atoms with Crippen LogP contribution in [0.5, 0.6) is 0 Å². The van der Waals surface area contributed by atoms with Crippen molar-refractivity contribution in [2.24, 2.45) is 0 Å². The van der Waals surface area contributed by atoms with Gasteiger partial charge in [-0.05, 0) is 24.6 Å². The summed E-state index contributed by atoms with van der Waals surface area (Å²) in [4.78, 5) is 24.7. The van der Waals surface area contributed by atoms with Gasteiger partial charge in [-0.3, -0.25) is 9.59 Å². The quantitative estimate of drug-likeness (QED) is 0.603. The van der Waals surface area contributed by atoms with Crippen LogP contribution in [-0.4, -0.2) is 23.2 Å². The molecule has 0 aliphatic carbocycles. The molecule has 0 aliphatic heterocycles. The van der Waals surface area contributed by atoms with Gasteiger partial charge in [0.15, 0.2) is 5.78 Å². The SMILES string of the molecule is C=CC(=O)c1c(C(=O)C(=C)C)c2ccccc2n1COC. The van der Waals surface area contributed by atoms with Crippen molar-refractivity contribution in [2.75, 3.05) is 7.11 Å². The molecule has 1 aromatic carbocycles. The molecule has 1 aromatic heterocycles. The number of carbonyl (C=O) groups is 2. The highest BCUT2D eigenvalue weighted by Crippen LogP contribution is 2.29. The monoisotopic (exact) mass is 283 g/mol. The van der Waals surface area contributed by atoms with Crippen molar-refractivity contribution in [3.63, 3.8) is 0 Å². The van der Waals surface area contributed by atoms with E-state index in [9.17, 15) is 9.59 Å². The van der Waals surface area contributed by atoms with Crippen molar-refractivity contribution >= 4 is 22.5 Å². The van der Waals surface area contributed by atoms with Crippen LogP contribution in [0.1, 0.15) is 27.8 Å². The lowest BCUT2D eigenvalue weighted by Gasteiger charge is -2.08. The van der Waals surface area contributed by atoms with Gasteiger partial charge >= 0.3 is 0 Å². The Bertz CT molecular complexity index is 753. The van der Waals surface area contributed by atoms with Crippen LogP contribution >= 0.6 is 0 Å². The van der Waals surface area contributed by atoms with Crippen molar-refractivity contribution in [3.05, 3.63) is 60.3 Å². The average molecular weight is 283 g/mol. The van der Waals surface area contributed by atoms with Crippen LogP contribution in [0, 0.1) is 0 Å². The van der Waals surface area contributed by atoms with E-state index >= 15 is 0 Å². The number of para-hydroxylation sites is 1. The summed E-state index contributed by atoms with van der Waals surface area (Å²) >= 11 is 0. The number of benzene rings is 1. The summed E-state index contributed by atoms with van der Waals surface area (Å²) in [5, 5.41) is 0.716. The van der Waals surface area contributed by atoms with Gasteiger partial charge in [0, 0.05) is 12.5 Å². The van der Waals surface area contributed by atoms with Gasteiger partial charge in [0.1, 0.15) is 12.4 Å². The fraction of sp³-hybridized carbons (Fsp3) is 0.176. The Balaban J connectivity index is 2.92. The normalized spacial score (nSPS) is 10.6. The number of ketones is 2. The molecular formula is C17H17NO3. The minimum absolute atomic E-state index is 0.179. The van der Waals surface area contributed by atoms with Gasteiger partial charge in [-0.15, -0.1) is 0 Å². The van der Waals surface area contributed by atoms with Crippen molar-refractivity contribution in [1.82, 2.24) is 4.57 Å². The van der Waals surface area contributed by atoms with E-state index in [1.807, 2.05) is 24.3 Å². The molecular weight excluding hydrogens is 266 g/mol. The zero-order valence-electron chi connectivity index (χ0n) is 12.2. The van der Waals surface area contributed by atoms with Crippen molar-refractivity contribution < 1.29 is 14.3 Å². The largest absolute Gasteiger partial charge is 0.364 e. The summed E-state index contributed by atoms with van der Waals surface area (Å²) in [7, 11) is 1.54. The van der Waals surface area contributed by atoms with Crippen LogP contribution in [0.2, 0.25) is 0 Å². The zero-order chi connectivity index (χ0) is 15.6. The fourth-order valence-electron chi connectivity index (χ4n) is 2.36. The molecule has 2 rings (SSSR count). The molecule has 0 unspecified atom stereocenters. The number of ether oxygens (including phenoxy) is 1. The zero-order valence-corrected chi connectivity index (χ0v) is 12.2. The Kier molecular flexibility index (Phi) is 4.19. The Hall–Kier alpha value is -2.46. The van der Waals surface area contributed by atoms with E-state index < -0.39 is 0 Å². The maximum Gasteiger partial charge on any atom is 0.202 e. The van der Waals surface area contributed by atoms with Gasteiger partial charge in [0.2, 0.25) is 5.78 Å². The molecule has 0 N–H and O–H groups in total. The van der Waals surface area contributed by atoms with Gasteiger partial charge in [-0.2, -0.15) is 0 Å². The highest BCUT2D eigenvalue weighted by molar-refractivity contribution is 6.23. The summed E-state index contributed by atoms with van der Waals surface area (Å²) in [5.74, 6) is -0.556. The predicted molar refractivity (Wildman–Crippen MR) is 82.6 cm³/mol. The van der Waals surface area contributed by atoms with E-state index in [2.05, 4.69) is 13.2 Å². The number of nitrogens with zero attached hydrogens (tertiary/aromatic N) is 1. The third-order valence-electron chi connectivity index (χ3n) is 3.26. The van der Waals surface area contributed by atoms with Crippen LogP contribution in [0.3, 0.4) is 0 Å². The van der Waals surface area contributed by atoms with Crippen LogP contribution in [0.15, 0.2) is 49.1 Å². The highest BCUT2D eigenvalue weighted by Gasteiger charge is 2.25. The Morgan fingerprint density at radius 3 is 2.57 bits per heavy atom. The Morgan fingerprint density at radius 2 is 2.00 bits per heavy atom. The van der Waals surface area contributed by atoms with E-state index in [-0.39, 0.29) is 18.3 Å². The van der Waals surface area contributed by atoms with E-state index in [0.29, 0.717) is 22.2 Å². The number of aromatic nitrogens is 1. The van der Waals surface area contributed by atoms with Gasteiger partial charge in [0.05, 0.1) is 11.1 Å². The molecule has 0 saturated heterocycles. The Morgan fingerprint density at radius 1 is 1.33 bits per heavy atom. The Labute approximate surface area is 123 Å². The van der Waals surface area contributed by atoms with E-state index in [1.54, 1.807) is 11.5 Å². The van der Waals surface area contributed by atoms with Crippen LogP contribution in [0.4, 0.5) is 0 Å². The third kappa shape index (κ3) is 2.45. The second-order valence-corrected chi connectivity index (χ2v) is 4.76. The minimum Gasteiger partial charge on any atom is -0.364 e. The number of rotatable bonds is 6. The number of hydrogen-bond donors (Lipinski definition) is 0. The minimum atomic E-state index is -0.312. The fourth-order valence-corrected chi connectivity index (χ4v) is 2.36.